The molecule has 1 aliphatic rings. The predicted octanol–water partition coefficient (Wildman–Crippen LogP) is 1.61. The third-order valence-electron chi connectivity index (χ3n) is 1.56. The average Bonchev–Trinajstić information content (AvgIpc) is 1.91. The van der Waals surface area contributed by atoms with Crippen LogP contribution in [0.1, 0.15) is 36.0 Å². The SMILES string of the molecule is CCN.C[C@@H]1CCCCN1.[HH].[HH]. The van der Waals surface area contributed by atoms with Crippen molar-refractivity contribution in [1.29, 1.82) is 0 Å². The molecule has 0 saturated carbocycles. The maximum absolute atomic E-state index is 4.85. The van der Waals surface area contributed by atoms with Gasteiger partial charge in [-0.15, -0.1) is 0 Å². The monoisotopic (exact) mass is 148 g/mol. The van der Waals surface area contributed by atoms with Crippen molar-refractivity contribution in [2.24, 2.45) is 5.73 Å². The topological polar surface area (TPSA) is 38.0 Å². The van der Waals surface area contributed by atoms with Crippen LogP contribution in [0.5, 0.6) is 0 Å². The molecule has 2 nitrogen and oxygen atoms in total. The van der Waals surface area contributed by atoms with Gasteiger partial charge in [-0.05, 0) is 32.9 Å². The van der Waals surface area contributed by atoms with Crippen molar-refractivity contribution >= 4 is 0 Å². The Morgan fingerprint density at radius 1 is 1.60 bits per heavy atom. The third-order valence-corrected chi connectivity index (χ3v) is 1.56. The standard InChI is InChI=1S/C6H13N.C2H7N.2H2/c1-6-4-2-3-5-7-6;1-2-3;;/h6-7H,2-5H2,1H3;2-3H2,1H3;2*1H/t6-;;;/m1.../s1. The summed E-state index contributed by atoms with van der Waals surface area (Å²) in [6.45, 7) is 6.14. The van der Waals surface area contributed by atoms with Gasteiger partial charge in [0.15, 0.2) is 0 Å². The molecule has 0 radical (unpaired) electrons. The van der Waals surface area contributed by atoms with Crippen LogP contribution in [0.15, 0.2) is 0 Å². The zero-order valence-electron chi connectivity index (χ0n) is 7.19. The number of nitrogens with two attached hydrogens (primary N) is 1. The minimum atomic E-state index is 0. The first-order valence-electron chi connectivity index (χ1n) is 4.24. The molecular weight excluding hydrogens is 124 g/mol. The molecule has 0 aromatic rings. The Balaban J connectivity index is -0.000000146. The molecule has 1 rings (SSSR count). The van der Waals surface area contributed by atoms with Gasteiger partial charge in [0.2, 0.25) is 0 Å². The maximum atomic E-state index is 4.85. The number of hydrogen-bond donors (Lipinski definition) is 2. The first kappa shape index (κ1) is 9.92. The molecule has 0 amide bonds. The molecule has 1 atom stereocenters. The zero-order valence-corrected chi connectivity index (χ0v) is 7.19. The number of rotatable bonds is 0. The summed E-state index contributed by atoms with van der Waals surface area (Å²) in [4.78, 5) is 0. The Hall–Kier alpha value is -0.0800. The molecule has 10 heavy (non-hydrogen) atoms. The van der Waals surface area contributed by atoms with Crippen LogP contribution in [-0.4, -0.2) is 19.1 Å². The van der Waals surface area contributed by atoms with E-state index >= 15 is 0 Å². The van der Waals surface area contributed by atoms with E-state index < -0.39 is 0 Å². The molecule has 0 aromatic heterocycles. The molecule has 1 aliphatic heterocycles. The largest absolute Gasteiger partial charge is 0.331 e. The summed E-state index contributed by atoms with van der Waals surface area (Å²) in [5, 5.41) is 3.38. The van der Waals surface area contributed by atoms with Crippen LogP contribution >= 0.6 is 0 Å². The van der Waals surface area contributed by atoms with E-state index in [9.17, 15) is 0 Å². The maximum Gasteiger partial charge on any atom is 0.00387 e. The van der Waals surface area contributed by atoms with Crippen molar-refractivity contribution in [3.8, 4) is 0 Å². The average molecular weight is 148 g/mol. The predicted molar refractivity (Wildman–Crippen MR) is 50.3 cm³/mol. The van der Waals surface area contributed by atoms with Gasteiger partial charge in [0.25, 0.3) is 0 Å². The summed E-state index contributed by atoms with van der Waals surface area (Å²) in [7, 11) is 0. The number of piperidine rings is 1. The van der Waals surface area contributed by atoms with Gasteiger partial charge in [0.1, 0.15) is 0 Å². The molecule has 2 heteroatoms. The van der Waals surface area contributed by atoms with Gasteiger partial charge < -0.3 is 11.1 Å². The molecule has 0 spiro atoms. The van der Waals surface area contributed by atoms with Crippen molar-refractivity contribution in [1.82, 2.24) is 5.32 Å². The Labute approximate surface area is 67.2 Å². The van der Waals surface area contributed by atoms with Crippen LogP contribution < -0.4 is 11.1 Å². The van der Waals surface area contributed by atoms with Crippen molar-refractivity contribution < 1.29 is 2.85 Å². The quantitative estimate of drug-likeness (QED) is 0.547. The Morgan fingerprint density at radius 2 is 2.20 bits per heavy atom. The molecule has 1 heterocycles. The second kappa shape index (κ2) is 7.03. The Morgan fingerprint density at radius 3 is 2.40 bits per heavy atom. The van der Waals surface area contributed by atoms with Gasteiger partial charge in [0, 0.05) is 8.90 Å². The Bertz CT molecular complexity index is 66.1. The van der Waals surface area contributed by atoms with E-state index in [4.69, 9.17) is 5.73 Å². The molecule has 0 unspecified atom stereocenters. The summed E-state index contributed by atoms with van der Waals surface area (Å²) in [6.07, 6.45) is 4.18. The zero-order chi connectivity index (χ0) is 7.82. The second-order valence-corrected chi connectivity index (χ2v) is 2.76. The summed E-state index contributed by atoms with van der Waals surface area (Å²) in [5.74, 6) is 0. The van der Waals surface area contributed by atoms with E-state index in [0.717, 1.165) is 12.6 Å². The van der Waals surface area contributed by atoms with Crippen LogP contribution in [0.3, 0.4) is 0 Å². The normalized spacial score (nSPS) is 24.9. The lowest BCUT2D eigenvalue weighted by atomic mass is 10.1. The van der Waals surface area contributed by atoms with E-state index in [-0.39, 0.29) is 2.85 Å². The van der Waals surface area contributed by atoms with Crippen molar-refractivity contribution in [3.05, 3.63) is 0 Å². The molecule has 0 bridgehead atoms. The Kier molecular flexibility index (Phi) is 6.98. The highest BCUT2D eigenvalue weighted by Crippen LogP contribution is 2.04. The number of hydrogen-bond acceptors (Lipinski definition) is 2. The highest BCUT2D eigenvalue weighted by molar-refractivity contribution is 4.65. The van der Waals surface area contributed by atoms with Crippen LogP contribution in [0.4, 0.5) is 0 Å². The summed E-state index contributed by atoms with van der Waals surface area (Å²) < 4.78 is 0. The summed E-state index contributed by atoms with van der Waals surface area (Å²) >= 11 is 0. The molecule has 1 saturated heterocycles. The molecular formula is C8H24N2. The minimum absolute atomic E-state index is 0. The van der Waals surface area contributed by atoms with E-state index in [1.165, 1.54) is 25.8 Å². The lowest BCUT2D eigenvalue weighted by Gasteiger charge is -2.18. The lowest BCUT2D eigenvalue weighted by molar-refractivity contribution is 0.425. The van der Waals surface area contributed by atoms with Crippen molar-refractivity contribution in [2.75, 3.05) is 13.1 Å². The van der Waals surface area contributed by atoms with Crippen molar-refractivity contribution in [3.63, 3.8) is 0 Å². The molecule has 1 fully saturated rings. The van der Waals surface area contributed by atoms with Crippen LogP contribution in [0.2, 0.25) is 0 Å². The van der Waals surface area contributed by atoms with Gasteiger partial charge in [-0.25, -0.2) is 0 Å². The first-order valence-corrected chi connectivity index (χ1v) is 4.24. The fraction of sp³-hybridized carbons (Fsp3) is 1.00. The van der Waals surface area contributed by atoms with Gasteiger partial charge >= 0.3 is 0 Å². The number of nitrogens with one attached hydrogen (secondary N) is 1. The van der Waals surface area contributed by atoms with Gasteiger partial charge in [-0.2, -0.15) is 0 Å². The van der Waals surface area contributed by atoms with E-state index in [1.54, 1.807) is 0 Å². The summed E-state index contributed by atoms with van der Waals surface area (Å²) in [5.41, 5.74) is 4.85. The van der Waals surface area contributed by atoms with Gasteiger partial charge in [-0.3, -0.25) is 0 Å². The van der Waals surface area contributed by atoms with Crippen LogP contribution in [-0.2, 0) is 0 Å². The van der Waals surface area contributed by atoms with Crippen molar-refractivity contribution in [2.45, 2.75) is 39.2 Å². The van der Waals surface area contributed by atoms with Gasteiger partial charge in [0.05, 0.1) is 0 Å². The van der Waals surface area contributed by atoms with E-state index in [2.05, 4.69) is 12.2 Å². The first-order chi connectivity index (χ1) is 4.81. The molecule has 0 aliphatic carbocycles. The second-order valence-electron chi connectivity index (χ2n) is 2.76. The molecule has 0 aromatic carbocycles. The molecule has 66 valence electrons. The molecule has 3 N–H and O–H groups in total. The highest BCUT2D eigenvalue weighted by atomic mass is 14.9. The van der Waals surface area contributed by atoms with Crippen LogP contribution in [0.25, 0.3) is 0 Å². The highest BCUT2D eigenvalue weighted by Gasteiger charge is 2.04. The summed E-state index contributed by atoms with van der Waals surface area (Å²) in [6, 6.07) is 0.786. The fourth-order valence-electron chi connectivity index (χ4n) is 1.03. The smallest absolute Gasteiger partial charge is 0.00387 e. The minimum Gasteiger partial charge on any atom is -0.331 e. The van der Waals surface area contributed by atoms with Crippen LogP contribution in [0, 0.1) is 0 Å². The van der Waals surface area contributed by atoms with E-state index in [0.29, 0.717) is 0 Å². The lowest BCUT2D eigenvalue weighted by Crippen LogP contribution is -2.30. The third kappa shape index (κ3) is 6.05. The van der Waals surface area contributed by atoms with Gasteiger partial charge in [-0.1, -0.05) is 13.3 Å². The fourth-order valence-corrected chi connectivity index (χ4v) is 1.03. The van der Waals surface area contributed by atoms with E-state index in [1.807, 2.05) is 6.92 Å².